The van der Waals surface area contributed by atoms with E-state index in [0.717, 1.165) is 114 Å². The maximum Gasteiger partial charge on any atom is 0.472 e. The largest absolute Gasteiger partial charge is 0.472 e. The summed E-state index contributed by atoms with van der Waals surface area (Å²) in [7, 11) is -9.92. The lowest BCUT2D eigenvalue weighted by atomic mass is 10.0. The van der Waals surface area contributed by atoms with Gasteiger partial charge in [-0.1, -0.05) is 344 Å². The van der Waals surface area contributed by atoms with Crippen molar-refractivity contribution in [3.63, 3.8) is 0 Å². The molecule has 19 heteroatoms. The van der Waals surface area contributed by atoms with E-state index >= 15 is 0 Å². The molecule has 0 aliphatic carbocycles. The van der Waals surface area contributed by atoms with E-state index in [1.165, 1.54) is 193 Å². The molecule has 0 amide bonds. The summed E-state index contributed by atoms with van der Waals surface area (Å²) in [6.45, 7) is 14.2. The SMILES string of the molecule is CC(C)CCCCCCCCCCCCCCCCCCC(=O)O[C@H](COC(=O)CCCCCCCCCCCC(C)C)COP(=O)(O)OCC(O)COP(=O)(O)OC[C@@H](COC(=O)CCCCCCCCCC(C)C)OC(=O)CCCCCCCCCCCCCCCC(C)C. The Kier molecular flexibility index (Phi) is 65.9. The van der Waals surface area contributed by atoms with Gasteiger partial charge >= 0.3 is 39.5 Å². The van der Waals surface area contributed by atoms with Gasteiger partial charge in [0.1, 0.15) is 19.3 Å². The summed E-state index contributed by atoms with van der Waals surface area (Å²) in [5.41, 5.74) is 0. The predicted octanol–water partition coefficient (Wildman–Crippen LogP) is 22.8. The zero-order valence-electron chi connectivity index (χ0n) is 63.7. The van der Waals surface area contributed by atoms with Crippen molar-refractivity contribution in [3.05, 3.63) is 0 Å². The minimum atomic E-state index is -4.96. The van der Waals surface area contributed by atoms with Crippen LogP contribution in [0.4, 0.5) is 0 Å². The Morgan fingerprint density at radius 1 is 0.258 bits per heavy atom. The normalized spacial score (nSPS) is 14.1. The number of aliphatic hydroxyl groups is 1. The minimum Gasteiger partial charge on any atom is -0.462 e. The quantitative estimate of drug-likeness (QED) is 0.0222. The fraction of sp³-hybridized carbons (Fsp3) is 0.949. The van der Waals surface area contributed by atoms with E-state index in [1.54, 1.807) is 0 Å². The first-order chi connectivity index (χ1) is 46.6. The Labute approximate surface area is 594 Å². The lowest BCUT2D eigenvalue weighted by Gasteiger charge is -2.21. The van der Waals surface area contributed by atoms with Crippen molar-refractivity contribution in [3.8, 4) is 0 Å². The molecule has 0 rings (SSSR count). The average molecular weight is 1420 g/mol. The predicted molar refractivity (Wildman–Crippen MR) is 395 cm³/mol. The van der Waals surface area contributed by atoms with Gasteiger partial charge in [0.05, 0.1) is 26.4 Å². The molecule has 5 atom stereocenters. The fourth-order valence-corrected chi connectivity index (χ4v) is 13.5. The van der Waals surface area contributed by atoms with E-state index in [9.17, 15) is 43.2 Å². The number of hydrogen-bond acceptors (Lipinski definition) is 15. The van der Waals surface area contributed by atoms with Crippen LogP contribution in [0.1, 0.15) is 396 Å². The van der Waals surface area contributed by atoms with Gasteiger partial charge in [-0.25, -0.2) is 9.13 Å². The second-order valence-corrected chi connectivity index (χ2v) is 32.9. The molecule has 0 aromatic carbocycles. The van der Waals surface area contributed by atoms with Crippen LogP contribution >= 0.6 is 15.6 Å². The van der Waals surface area contributed by atoms with Crippen LogP contribution in [-0.2, 0) is 65.4 Å². The monoisotopic (exact) mass is 1420 g/mol. The first-order valence-electron chi connectivity index (χ1n) is 40.2. The maximum absolute atomic E-state index is 13.1. The zero-order chi connectivity index (χ0) is 71.7. The summed E-state index contributed by atoms with van der Waals surface area (Å²) >= 11 is 0. The van der Waals surface area contributed by atoms with Crippen LogP contribution in [0.2, 0.25) is 0 Å². The molecule has 0 saturated heterocycles. The summed E-state index contributed by atoms with van der Waals surface area (Å²) in [4.78, 5) is 72.9. The molecule has 3 N–H and O–H groups in total. The molecule has 0 spiro atoms. The van der Waals surface area contributed by atoms with Gasteiger partial charge in [-0.15, -0.1) is 0 Å². The third-order valence-corrected chi connectivity index (χ3v) is 20.0. The average Bonchev–Trinajstić information content (AvgIpc) is 1.14. The van der Waals surface area contributed by atoms with E-state index in [-0.39, 0.29) is 25.7 Å². The standard InChI is InChI=1S/C78H152O17P2/c1-68(2)54-46-38-30-23-18-14-11-9-10-12-16-20-26-35-44-52-60-77(82)94-73(64-88-75(80)58-50-42-34-28-22-25-32-40-48-56-70(5)6)66-92-96(84,85)90-62-72(79)63-91-97(86,87)93-67-74(65-89-76(81)59-51-43-37-29-33-41-49-57-71(7)8)95-78(83)61-53-45-36-27-21-17-13-15-19-24-31-39-47-55-69(3)4/h68-74,79H,9-67H2,1-8H3,(H,84,85)(H,86,87)/t72?,73-,74-/m1/s1. The van der Waals surface area contributed by atoms with Gasteiger partial charge in [0, 0.05) is 25.7 Å². The highest BCUT2D eigenvalue weighted by Crippen LogP contribution is 2.45. The molecule has 0 heterocycles. The highest BCUT2D eigenvalue weighted by atomic mass is 31.2. The summed E-state index contributed by atoms with van der Waals surface area (Å²) < 4.78 is 68.6. The van der Waals surface area contributed by atoms with Gasteiger partial charge in [0.25, 0.3) is 0 Å². The lowest BCUT2D eigenvalue weighted by molar-refractivity contribution is -0.161. The van der Waals surface area contributed by atoms with Crippen molar-refractivity contribution in [1.29, 1.82) is 0 Å². The Morgan fingerprint density at radius 3 is 0.639 bits per heavy atom. The molecule has 0 radical (unpaired) electrons. The van der Waals surface area contributed by atoms with E-state index in [0.29, 0.717) is 31.6 Å². The van der Waals surface area contributed by atoms with Crippen LogP contribution in [0.25, 0.3) is 0 Å². The van der Waals surface area contributed by atoms with Crippen LogP contribution in [0.5, 0.6) is 0 Å². The van der Waals surface area contributed by atoms with Crippen molar-refractivity contribution >= 4 is 39.5 Å². The maximum atomic E-state index is 13.1. The highest BCUT2D eigenvalue weighted by Gasteiger charge is 2.30. The van der Waals surface area contributed by atoms with Crippen LogP contribution in [0.3, 0.4) is 0 Å². The van der Waals surface area contributed by atoms with Crippen molar-refractivity contribution in [2.75, 3.05) is 39.6 Å². The third kappa shape index (κ3) is 72.2. The third-order valence-electron chi connectivity index (χ3n) is 18.1. The number of rotatable bonds is 75. The number of phosphoric acid groups is 2. The second kappa shape index (κ2) is 67.2. The Hall–Kier alpha value is -1.94. The Morgan fingerprint density at radius 2 is 0.433 bits per heavy atom. The number of carbonyl (C=O) groups excluding carboxylic acids is 4. The summed E-state index contributed by atoms with van der Waals surface area (Å²) in [5, 5.41) is 10.6. The van der Waals surface area contributed by atoms with Crippen LogP contribution in [0, 0.1) is 23.7 Å². The van der Waals surface area contributed by atoms with E-state index in [1.807, 2.05) is 0 Å². The van der Waals surface area contributed by atoms with Gasteiger partial charge < -0.3 is 33.8 Å². The van der Waals surface area contributed by atoms with E-state index in [4.69, 9.17) is 37.0 Å². The molecule has 0 aromatic rings. The second-order valence-electron chi connectivity index (χ2n) is 30.0. The minimum absolute atomic E-state index is 0.106. The van der Waals surface area contributed by atoms with Crippen molar-refractivity contribution < 1.29 is 80.2 Å². The summed E-state index contributed by atoms with van der Waals surface area (Å²) in [6, 6.07) is 0. The van der Waals surface area contributed by atoms with Gasteiger partial charge in [-0.05, 0) is 49.4 Å². The van der Waals surface area contributed by atoms with Crippen LogP contribution < -0.4 is 0 Å². The summed E-state index contributed by atoms with van der Waals surface area (Å²) in [6.07, 6.45) is 52.8. The van der Waals surface area contributed by atoms with Crippen LogP contribution in [0.15, 0.2) is 0 Å². The molecule has 0 aliphatic rings. The van der Waals surface area contributed by atoms with Crippen molar-refractivity contribution in [2.24, 2.45) is 23.7 Å². The van der Waals surface area contributed by atoms with Crippen LogP contribution in [-0.4, -0.2) is 96.7 Å². The number of carbonyl (C=O) groups is 4. The molecule has 0 saturated carbocycles. The molecular weight excluding hydrogens is 1270 g/mol. The molecule has 3 unspecified atom stereocenters. The first kappa shape index (κ1) is 95.1. The molecule has 97 heavy (non-hydrogen) atoms. The van der Waals surface area contributed by atoms with Gasteiger partial charge in [-0.3, -0.25) is 37.3 Å². The fourth-order valence-electron chi connectivity index (χ4n) is 11.9. The van der Waals surface area contributed by atoms with Crippen molar-refractivity contribution in [2.45, 2.75) is 414 Å². The first-order valence-corrected chi connectivity index (χ1v) is 43.2. The molecule has 17 nitrogen and oxygen atoms in total. The highest BCUT2D eigenvalue weighted by molar-refractivity contribution is 7.47. The molecule has 0 aromatic heterocycles. The Bertz CT molecular complexity index is 1900. The molecule has 0 aliphatic heterocycles. The molecule has 576 valence electrons. The zero-order valence-corrected chi connectivity index (χ0v) is 65.5. The van der Waals surface area contributed by atoms with E-state index < -0.39 is 97.5 Å². The number of phosphoric ester groups is 2. The smallest absolute Gasteiger partial charge is 0.462 e. The van der Waals surface area contributed by atoms with E-state index in [2.05, 4.69) is 55.4 Å². The number of esters is 4. The van der Waals surface area contributed by atoms with Crippen molar-refractivity contribution in [1.82, 2.24) is 0 Å². The topological polar surface area (TPSA) is 237 Å². The molecular formula is C78H152O17P2. The number of ether oxygens (including phenoxy) is 4. The lowest BCUT2D eigenvalue weighted by Crippen LogP contribution is -2.30. The molecule has 0 bridgehead atoms. The number of unbranched alkanes of at least 4 members (excludes halogenated alkanes) is 41. The number of aliphatic hydroxyl groups excluding tert-OH is 1. The molecule has 0 fully saturated rings. The van der Waals surface area contributed by atoms with Gasteiger partial charge in [0.15, 0.2) is 12.2 Å². The van der Waals surface area contributed by atoms with Gasteiger partial charge in [-0.2, -0.15) is 0 Å². The summed E-state index contributed by atoms with van der Waals surface area (Å²) in [5.74, 6) is 0.926. The van der Waals surface area contributed by atoms with Gasteiger partial charge in [0.2, 0.25) is 0 Å². The number of hydrogen-bond donors (Lipinski definition) is 3. The Balaban J connectivity index is 5.23.